The summed E-state index contributed by atoms with van der Waals surface area (Å²) in [6, 6.07) is 21.2. The average Bonchev–Trinajstić information content (AvgIpc) is 3.03. The molecular weight excluding hydrogens is 633 g/mol. The molecule has 0 radical (unpaired) electrons. The Hall–Kier alpha value is -5.54. The van der Waals surface area contributed by atoms with E-state index in [1.165, 1.54) is 36.4 Å². The molecule has 4 N–H and O–H groups in total. The fourth-order valence-electron chi connectivity index (χ4n) is 5.00. The standard InChI is InChI=1S/C32H22N4O8S2/c37-27-15-9-19-5-1-3-7-23(19)31(27)35-33-21-11-13-25(29(17-21)45(39,40)41)26-14-12-22(18-30(26)46(42,43)44)34-36-32-24-8-4-2-6-20(24)10-16-28(32)38/h1-18,33-34H,(H,39,40,41)(H,42,43,44)/b35-31-,36-32+. The quantitative estimate of drug-likeness (QED) is 0.161. The summed E-state index contributed by atoms with van der Waals surface area (Å²) in [4.78, 5) is 23.6. The minimum absolute atomic E-state index is 0.0534. The molecule has 0 unspecified atom stereocenters. The number of anilines is 2. The number of nitrogens with one attached hydrogen (secondary N) is 2. The molecule has 0 heterocycles. The molecule has 230 valence electrons. The zero-order valence-corrected chi connectivity index (χ0v) is 25.1. The maximum atomic E-state index is 12.5. The van der Waals surface area contributed by atoms with Gasteiger partial charge in [0.15, 0.2) is 0 Å². The Morgan fingerprint density at radius 1 is 0.500 bits per heavy atom. The first-order valence-corrected chi connectivity index (χ1v) is 16.3. The molecule has 46 heavy (non-hydrogen) atoms. The first-order chi connectivity index (χ1) is 21.9. The number of carbonyl (C=O) groups excluding carboxylic acids is 2. The summed E-state index contributed by atoms with van der Waals surface area (Å²) in [7, 11) is -9.93. The van der Waals surface area contributed by atoms with E-state index in [2.05, 4.69) is 21.1 Å². The van der Waals surface area contributed by atoms with Gasteiger partial charge in [0.2, 0.25) is 11.6 Å². The van der Waals surface area contributed by atoms with Crippen LogP contribution in [0.5, 0.6) is 0 Å². The Morgan fingerprint density at radius 2 is 0.891 bits per heavy atom. The highest BCUT2D eigenvalue weighted by Gasteiger charge is 2.25. The zero-order chi connectivity index (χ0) is 32.6. The summed E-state index contributed by atoms with van der Waals surface area (Å²) in [5.41, 5.74) is 7.61. The highest BCUT2D eigenvalue weighted by atomic mass is 32.2. The predicted octanol–water partition coefficient (Wildman–Crippen LogP) is 4.67. The molecule has 0 fully saturated rings. The second kappa shape index (κ2) is 11.8. The van der Waals surface area contributed by atoms with Gasteiger partial charge in [0.05, 0.1) is 11.4 Å². The first kappa shape index (κ1) is 30.5. The molecule has 14 heteroatoms. The number of ketones is 2. The highest BCUT2D eigenvalue weighted by molar-refractivity contribution is 7.86. The topological polar surface area (TPSA) is 192 Å². The second-order valence-corrected chi connectivity index (χ2v) is 12.9. The number of benzene rings is 4. The van der Waals surface area contributed by atoms with E-state index in [9.17, 15) is 35.5 Å². The molecule has 0 atom stereocenters. The van der Waals surface area contributed by atoms with Crippen molar-refractivity contribution in [3.8, 4) is 11.1 Å². The summed E-state index contributed by atoms with van der Waals surface area (Å²) in [6.45, 7) is 0. The molecule has 4 aromatic carbocycles. The van der Waals surface area contributed by atoms with Gasteiger partial charge in [-0.05, 0) is 47.5 Å². The van der Waals surface area contributed by atoms with E-state index in [0.717, 1.165) is 23.3 Å². The maximum Gasteiger partial charge on any atom is 0.295 e. The van der Waals surface area contributed by atoms with Crippen molar-refractivity contribution in [3.05, 3.63) is 119 Å². The number of hydrazone groups is 2. The molecule has 2 aliphatic rings. The van der Waals surface area contributed by atoms with Crippen LogP contribution in [0.15, 0.2) is 117 Å². The van der Waals surface area contributed by atoms with Crippen LogP contribution in [0.3, 0.4) is 0 Å². The Kier molecular flexibility index (Phi) is 7.79. The number of carbonyl (C=O) groups is 2. The van der Waals surface area contributed by atoms with Crippen molar-refractivity contribution in [2.24, 2.45) is 10.2 Å². The molecule has 4 aromatic rings. The van der Waals surface area contributed by atoms with Gasteiger partial charge in [-0.1, -0.05) is 72.8 Å². The number of rotatable bonds is 7. The summed E-state index contributed by atoms with van der Waals surface area (Å²) < 4.78 is 70.1. The molecule has 12 nitrogen and oxygen atoms in total. The lowest BCUT2D eigenvalue weighted by molar-refractivity contribution is -0.109. The maximum absolute atomic E-state index is 12.5. The zero-order valence-electron chi connectivity index (χ0n) is 23.4. The van der Waals surface area contributed by atoms with E-state index >= 15 is 0 Å². The number of hydrogen-bond acceptors (Lipinski definition) is 10. The van der Waals surface area contributed by atoms with Crippen LogP contribution in [0.25, 0.3) is 23.3 Å². The van der Waals surface area contributed by atoms with Crippen molar-refractivity contribution in [1.29, 1.82) is 0 Å². The predicted molar refractivity (Wildman–Crippen MR) is 173 cm³/mol. The molecule has 0 saturated carbocycles. The molecule has 0 spiro atoms. The summed E-state index contributed by atoms with van der Waals surface area (Å²) in [5.74, 6) is -0.772. The van der Waals surface area contributed by atoms with Gasteiger partial charge in [-0.15, -0.1) is 0 Å². The highest BCUT2D eigenvalue weighted by Crippen LogP contribution is 2.36. The number of fused-ring (bicyclic) bond motifs is 2. The van der Waals surface area contributed by atoms with E-state index in [1.54, 1.807) is 60.7 Å². The Labute approximate surface area is 263 Å². The molecule has 0 aliphatic heterocycles. The fraction of sp³-hybridized carbons (Fsp3) is 0. The van der Waals surface area contributed by atoms with Gasteiger partial charge in [-0.2, -0.15) is 27.0 Å². The monoisotopic (exact) mass is 654 g/mol. The lowest BCUT2D eigenvalue weighted by Gasteiger charge is -2.15. The first-order valence-electron chi connectivity index (χ1n) is 13.4. The third-order valence-corrected chi connectivity index (χ3v) is 8.92. The van der Waals surface area contributed by atoms with Gasteiger partial charge in [0.25, 0.3) is 20.2 Å². The van der Waals surface area contributed by atoms with Gasteiger partial charge in [0, 0.05) is 22.3 Å². The van der Waals surface area contributed by atoms with Crippen LogP contribution in [-0.4, -0.2) is 48.9 Å². The van der Waals surface area contributed by atoms with Crippen LogP contribution < -0.4 is 10.9 Å². The molecule has 0 aromatic heterocycles. The smallest absolute Gasteiger partial charge is 0.287 e. The van der Waals surface area contributed by atoms with Crippen LogP contribution in [-0.2, 0) is 29.8 Å². The third kappa shape index (κ3) is 6.05. The second-order valence-electron chi connectivity index (χ2n) is 10.1. The van der Waals surface area contributed by atoms with Crippen molar-refractivity contribution >= 4 is 66.8 Å². The van der Waals surface area contributed by atoms with E-state index in [0.29, 0.717) is 11.1 Å². The molecular formula is C32H22N4O8S2. The minimum atomic E-state index is -4.96. The van der Waals surface area contributed by atoms with Gasteiger partial charge >= 0.3 is 0 Å². The molecule has 0 saturated heterocycles. The van der Waals surface area contributed by atoms with Gasteiger partial charge in [-0.3, -0.25) is 29.5 Å². The minimum Gasteiger partial charge on any atom is -0.287 e. The fourth-order valence-corrected chi connectivity index (χ4v) is 6.46. The van der Waals surface area contributed by atoms with E-state index in [4.69, 9.17) is 0 Å². The summed E-state index contributed by atoms with van der Waals surface area (Å²) in [5, 5.41) is 8.31. The normalized spacial score (nSPS) is 16.0. The van der Waals surface area contributed by atoms with Crippen molar-refractivity contribution in [2.45, 2.75) is 9.79 Å². The van der Waals surface area contributed by atoms with Crippen LogP contribution in [0.1, 0.15) is 22.3 Å². The van der Waals surface area contributed by atoms with Crippen LogP contribution in [0, 0.1) is 0 Å². The average molecular weight is 655 g/mol. The van der Waals surface area contributed by atoms with Crippen LogP contribution in [0.4, 0.5) is 11.4 Å². The van der Waals surface area contributed by atoms with E-state index in [-0.39, 0.29) is 45.5 Å². The molecule has 6 rings (SSSR count). The molecule has 0 amide bonds. The largest absolute Gasteiger partial charge is 0.295 e. The van der Waals surface area contributed by atoms with Gasteiger partial charge in [-0.25, -0.2) is 0 Å². The van der Waals surface area contributed by atoms with Crippen LogP contribution >= 0.6 is 0 Å². The Morgan fingerprint density at radius 3 is 1.28 bits per heavy atom. The lowest BCUT2D eigenvalue weighted by atomic mass is 9.95. The van der Waals surface area contributed by atoms with E-state index < -0.39 is 30.0 Å². The van der Waals surface area contributed by atoms with Crippen molar-refractivity contribution in [1.82, 2.24) is 0 Å². The van der Waals surface area contributed by atoms with Crippen molar-refractivity contribution in [3.63, 3.8) is 0 Å². The van der Waals surface area contributed by atoms with Gasteiger partial charge < -0.3 is 0 Å². The Bertz CT molecular complexity index is 2140. The van der Waals surface area contributed by atoms with E-state index in [1.807, 2.05) is 0 Å². The van der Waals surface area contributed by atoms with Crippen molar-refractivity contribution < 1.29 is 35.5 Å². The lowest BCUT2D eigenvalue weighted by Crippen LogP contribution is -2.19. The van der Waals surface area contributed by atoms with Crippen molar-refractivity contribution in [2.75, 3.05) is 10.9 Å². The number of allylic oxidation sites excluding steroid dienone is 2. The number of nitrogens with zero attached hydrogens (tertiary/aromatic N) is 2. The summed E-state index contributed by atoms with van der Waals surface area (Å²) >= 11 is 0. The SMILES string of the molecule is O=C1C=Cc2ccccc2/C1=N/Nc1ccc(-c2ccc(N/N=C3/C(=O)C=Cc4ccccc43)cc2S(=O)(=O)O)c(S(=O)(=O)O)c1. The van der Waals surface area contributed by atoms with Gasteiger partial charge in [0.1, 0.15) is 21.2 Å². The third-order valence-electron chi connectivity index (χ3n) is 7.13. The van der Waals surface area contributed by atoms with Crippen LogP contribution in [0.2, 0.25) is 0 Å². The Balaban J connectivity index is 1.37. The summed E-state index contributed by atoms with van der Waals surface area (Å²) in [6.07, 6.45) is 5.99. The molecule has 2 aliphatic carbocycles. The number of hydrogen-bond donors (Lipinski definition) is 4. The molecule has 0 bridgehead atoms.